The van der Waals surface area contributed by atoms with E-state index in [4.69, 9.17) is 5.73 Å². The van der Waals surface area contributed by atoms with Gasteiger partial charge in [-0.15, -0.1) is 0 Å². The van der Waals surface area contributed by atoms with E-state index in [1.807, 2.05) is 12.1 Å². The Morgan fingerprint density at radius 1 is 1.54 bits per heavy atom. The van der Waals surface area contributed by atoms with Crippen LogP contribution in [0.15, 0.2) is 18.2 Å². The third-order valence-corrected chi connectivity index (χ3v) is 3.04. The van der Waals surface area contributed by atoms with Crippen LogP contribution in [0.3, 0.4) is 0 Å². The average Bonchev–Trinajstić information content (AvgIpc) is 2.47. The summed E-state index contributed by atoms with van der Waals surface area (Å²) < 4.78 is 0. The van der Waals surface area contributed by atoms with E-state index >= 15 is 0 Å². The molecule has 1 aromatic rings. The molecule has 0 fully saturated rings. The Morgan fingerprint density at radius 3 is 3.00 bits per heavy atom. The van der Waals surface area contributed by atoms with E-state index in [0.717, 1.165) is 18.4 Å². The van der Waals surface area contributed by atoms with Gasteiger partial charge < -0.3 is 10.8 Å². The Balaban J connectivity index is 2.55. The second-order valence-corrected chi connectivity index (χ2v) is 3.84. The lowest BCUT2D eigenvalue weighted by Gasteiger charge is -2.21. The first-order valence-corrected chi connectivity index (χ1v) is 4.69. The van der Waals surface area contributed by atoms with Crippen LogP contribution < -0.4 is 5.73 Å². The molecule has 0 heterocycles. The van der Waals surface area contributed by atoms with E-state index in [0.29, 0.717) is 6.54 Å². The third kappa shape index (κ3) is 1.18. The Labute approximate surface area is 78.4 Å². The second kappa shape index (κ2) is 2.82. The molecule has 3 N–H and O–H groups in total. The second-order valence-electron chi connectivity index (χ2n) is 3.84. The van der Waals surface area contributed by atoms with Gasteiger partial charge in [-0.1, -0.05) is 18.2 Å². The summed E-state index contributed by atoms with van der Waals surface area (Å²) in [5.41, 5.74) is 8.41. The van der Waals surface area contributed by atoms with Crippen LogP contribution in [0.1, 0.15) is 23.1 Å². The maximum Gasteiger partial charge on any atom is 0.102 e. The Kier molecular flexibility index (Phi) is 1.90. The standard InChI is InChI=1S/C11H15NO/c1-8-3-2-4-10-9(8)5-6-11(10,13)7-12/h2-4,13H,5-7,12H2,1H3/t11-/m1/s1. The molecule has 1 aliphatic carbocycles. The summed E-state index contributed by atoms with van der Waals surface area (Å²) in [7, 11) is 0. The zero-order chi connectivity index (χ0) is 9.47. The number of hydrogen-bond donors (Lipinski definition) is 2. The summed E-state index contributed by atoms with van der Waals surface area (Å²) in [4.78, 5) is 0. The monoisotopic (exact) mass is 177 g/mol. The van der Waals surface area contributed by atoms with Gasteiger partial charge in [0.1, 0.15) is 5.60 Å². The van der Waals surface area contributed by atoms with E-state index in [1.165, 1.54) is 11.1 Å². The van der Waals surface area contributed by atoms with Crippen LogP contribution in [0.5, 0.6) is 0 Å². The summed E-state index contributed by atoms with van der Waals surface area (Å²) in [6, 6.07) is 6.06. The van der Waals surface area contributed by atoms with E-state index in [2.05, 4.69) is 13.0 Å². The molecule has 0 saturated carbocycles. The lowest BCUT2D eigenvalue weighted by molar-refractivity contribution is 0.0481. The van der Waals surface area contributed by atoms with Gasteiger partial charge in [-0.05, 0) is 36.5 Å². The number of rotatable bonds is 1. The number of fused-ring (bicyclic) bond motifs is 1. The molecule has 1 aliphatic rings. The van der Waals surface area contributed by atoms with Crippen LogP contribution in [-0.2, 0) is 12.0 Å². The van der Waals surface area contributed by atoms with Crippen LogP contribution in [0.2, 0.25) is 0 Å². The van der Waals surface area contributed by atoms with E-state index in [-0.39, 0.29) is 0 Å². The molecular formula is C11H15NO. The molecule has 2 nitrogen and oxygen atoms in total. The summed E-state index contributed by atoms with van der Waals surface area (Å²) in [6.07, 6.45) is 1.72. The van der Waals surface area contributed by atoms with E-state index < -0.39 is 5.60 Å². The van der Waals surface area contributed by atoms with Crippen molar-refractivity contribution in [1.29, 1.82) is 0 Å². The van der Waals surface area contributed by atoms with Gasteiger partial charge in [0.05, 0.1) is 0 Å². The number of aryl methyl sites for hydroxylation is 1. The molecule has 13 heavy (non-hydrogen) atoms. The highest BCUT2D eigenvalue weighted by Gasteiger charge is 2.35. The molecule has 0 aromatic heterocycles. The summed E-state index contributed by atoms with van der Waals surface area (Å²) in [5.74, 6) is 0. The first-order valence-electron chi connectivity index (χ1n) is 4.69. The van der Waals surface area contributed by atoms with Gasteiger partial charge in [0.25, 0.3) is 0 Å². The quantitative estimate of drug-likeness (QED) is 0.674. The highest BCUT2D eigenvalue weighted by molar-refractivity contribution is 5.42. The van der Waals surface area contributed by atoms with E-state index in [9.17, 15) is 5.11 Å². The summed E-state index contributed by atoms with van der Waals surface area (Å²) in [5, 5.41) is 10.2. The molecule has 2 rings (SSSR count). The lowest BCUT2D eigenvalue weighted by atomic mass is 9.95. The molecule has 0 bridgehead atoms. The molecule has 1 atom stereocenters. The first-order chi connectivity index (χ1) is 6.17. The van der Waals surface area contributed by atoms with Crippen LogP contribution in [0.25, 0.3) is 0 Å². The molecule has 0 aliphatic heterocycles. The van der Waals surface area contributed by atoms with Gasteiger partial charge in [-0.25, -0.2) is 0 Å². The largest absolute Gasteiger partial charge is 0.384 e. The fourth-order valence-electron chi connectivity index (χ4n) is 2.15. The predicted octanol–water partition coefficient (Wildman–Crippen LogP) is 1.09. The van der Waals surface area contributed by atoms with Gasteiger partial charge >= 0.3 is 0 Å². The number of hydrogen-bond acceptors (Lipinski definition) is 2. The minimum Gasteiger partial charge on any atom is -0.384 e. The highest BCUT2D eigenvalue weighted by Crippen LogP contribution is 2.37. The number of nitrogens with two attached hydrogens (primary N) is 1. The highest BCUT2D eigenvalue weighted by atomic mass is 16.3. The van der Waals surface area contributed by atoms with Crippen molar-refractivity contribution in [3.8, 4) is 0 Å². The number of aliphatic hydroxyl groups is 1. The Hall–Kier alpha value is -0.860. The van der Waals surface area contributed by atoms with Crippen molar-refractivity contribution in [3.63, 3.8) is 0 Å². The van der Waals surface area contributed by atoms with Gasteiger partial charge in [0.15, 0.2) is 0 Å². The van der Waals surface area contributed by atoms with Crippen molar-refractivity contribution < 1.29 is 5.11 Å². The lowest BCUT2D eigenvalue weighted by Crippen LogP contribution is -2.32. The Morgan fingerprint density at radius 2 is 2.31 bits per heavy atom. The minimum absolute atomic E-state index is 0.323. The van der Waals surface area contributed by atoms with Crippen molar-refractivity contribution in [1.82, 2.24) is 0 Å². The molecule has 0 amide bonds. The van der Waals surface area contributed by atoms with Crippen molar-refractivity contribution in [2.75, 3.05) is 6.54 Å². The van der Waals surface area contributed by atoms with Gasteiger partial charge in [-0.2, -0.15) is 0 Å². The Bertz CT molecular complexity index is 335. The number of benzene rings is 1. The molecule has 0 saturated heterocycles. The molecule has 70 valence electrons. The molecule has 2 heteroatoms. The maximum atomic E-state index is 10.2. The molecule has 1 aromatic carbocycles. The fraction of sp³-hybridized carbons (Fsp3) is 0.455. The first kappa shape index (κ1) is 8.73. The maximum absolute atomic E-state index is 10.2. The fourth-order valence-corrected chi connectivity index (χ4v) is 2.15. The van der Waals surface area contributed by atoms with Crippen molar-refractivity contribution in [2.45, 2.75) is 25.4 Å². The molecule has 0 spiro atoms. The van der Waals surface area contributed by atoms with Gasteiger partial charge in [0, 0.05) is 6.54 Å². The molecule has 0 unspecified atom stereocenters. The summed E-state index contributed by atoms with van der Waals surface area (Å²) >= 11 is 0. The normalized spacial score (nSPS) is 26.1. The van der Waals surface area contributed by atoms with Crippen molar-refractivity contribution >= 4 is 0 Å². The molecular weight excluding hydrogens is 162 g/mol. The summed E-state index contributed by atoms with van der Waals surface area (Å²) in [6.45, 7) is 2.41. The van der Waals surface area contributed by atoms with Crippen LogP contribution in [-0.4, -0.2) is 11.7 Å². The van der Waals surface area contributed by atoms with Crippen molar-refractivity contribution in [3.05, 3.63) is 34.9 Å². The van der Waals surface area contributed by atoms with Gasteiger partial charge in [-0.3, -0.25) is 0 Å². The van der Waals surface area contributed by atoms with Crippen LogP contribution in [0.4, 0.5) is 0 Å². The SMILES string of the molecule is Cc1cccc2c1CC[C@@]2(O)CN. The van der Waals surface area contributed by atoms with Crippen LogP contribution in [0, 0.1) is 6.92 Å². The van der Waals surface area contributed by atoms with Gasteiger partial charge in [0.2, 0.25) is 0 Å². The topological polar surface area (TPSA) is 46.2 Å². The predicted molar refractivity (Wildman–Crippen MR) is 52.5 cm³/mol. The zero-order valence-corrected chi connectivity index (χ0v) is 7.88. The van der Waals surface area contributed by atoms with Crippen LogP contribution >= 0.6 is 0 Å². The smallest absolute Gasteiger partial charge is 0.102 e. The minimum atomic E-state index is -0.763. The van der Waals surface area contributed by atoms with Crippen molar-refractivity contribution in [2.24, 2.45) is 5.73 Å². The average molecular weight is 177 g/mol. The molecule has 0 radical (unpaired) electrons. The van der Waals surface area contributed by atoms with E-state index in [1.54, 1.807) is 0 Å². The zero-order valence-electron chi connectivity index (χ0n) is 7.88. The third-order valence-electron chi connectivity index (χ3n) is 3.04.